The number of anilines is 1. The number of carbonyl (C=O) groups excluding carboxylic acids is 3. The zero-order chi connectivity index (χ0) is 21.3. The number of benzene rings is 2. The molecule has 29 heavy (non-hydrogen) atoms. The molecule has 0 spiro atoms. The Morgan fingerprint density at radius 2 is 1.83 bits per heavy atom. The van der Waals surface area contributed by atoms with Gasteiger partial charge in [-0.3, -0.25) is 14.5 Å². The summed E-state index contributed by atoms with van der Waals surface area (Å²) in [6, 6.07) is 12.4. The highest BCUT2D eigenvalue weighted by atomic mass is 79.9. The van der Waals surface area contributed by atoms with Gasteiger partial charge in [0.25, 0.3) is 5.91 Å². The molecular weight excluding hydrogens is 434 g/mol. The van der Waals surface area contributed by atoms with Gasteiger partial charge in [0.1, 0.15) is 12.1 Å². The predicted octanol–water partition coefficient (Wildman–Crippen LogP) is 4.29. The van der Waals surface area contributed by atoms with Crippen LogP contribution in [-0.2, 0) is 15.1 Å². The Hall–Kier alpha value is -2.67. The van der Waals surface area contributed by atoms with Gasteiger partial charge in [0.05, 0.1) is 0 Å². The number of nitrogens with one attached hydrogen (secondary N) is 2. The maximum atomic E-state index is 13.0. The van der Waals surface area contributed by atoms with E-state index in [0.29, 0.717) is 17.2 Å². The summed E-state index contributed by atoms with van der Waals surface area (Å²) in [6.07, 6.45) is 0. The van der Waals surface area contributed by atoms with Crippen molar-refractivity contribution < 1.29 is 14.4 Å². The van der Waals surface area contributed by atoms with E-state index in [1.807, 2.05) is 43.3 Å². The Balaban J connectivity index is 1.74. The Morgan fingerprint density at radius 1 is 1.17 bits per heavy atom. The lowest BCUT2D eigenvalue weighted by Gasteiger charge is -2.22. The van der Waals surface area contributed by atoms with Crippen molar-refractivity contribution in [3.8, 4) is 0 Å². The van der Waals surface area contributed by atoms with Crippen LogP contribution < -0.4 is 10.6 Å². The van der Waals surface area contributed by atoms with Gasteiger partial charge in [-0.05, 0) is 54.7 Å². The Kier molecular flexibility index (Phi) is 5.80. The van der Waals surface area contributed by atoms with Crippen LogP contribution in [0, 0.1) is 6.92 Å². The van der Waals surface area contributed by atoms with Gasteiger partial charge in [0.15, 0.2) is 0 Å². The monoisotopic (exact) mass is 457 g/mol. The largest absolute Gasteiger partial charge is 0.325 e. The molecule has 1 atom stereocenters. The van der Waals surface area contributed by atoms with Crippen molar-refractivity contribution in [2.45, 2.75) is 39.2 Å². The van der Waals surface area contributed by atoms with Crippen LogP contribution in [0.5, 0.6) is 0 Å². The van der Waals surface area contributed by atoms with Gasteiger partial charge in [-0.1, -0.05) is 54.0 Å². The van der Waals surface area contributed by atoms with Gasteiger partial charge < -0.3 is 10.6 Å². The van der Waals surface area contributed by atoms with E-state index in [2.05, 4.69) is 40.4 Å². The van der Waals surface area contributed by atoms with Gasteiger partial charge in [0.2, 0.25) is 5.91 Å². The first-order valence-corrected chi connectivity index (χ1v) is 10.2. The molecule has 2 aromatic carbocycles. The Labute approximate surface area is 178 Å². The fourth-order valence-corrected chi connectivity index (χ4v) is 3.55. The first kappa shape index (κ1) is 21.0. The second-order valence-corrected chi connectivity index (χ2v) is 8.59. The maximum absolute atomic E-state index is 13.0. The molecule has 1 fully saturated rings. The topological polar surface area (TPSA) is 78.5 Å². The van der Waals surface area contributed by atoms with Crippen molar-refractivity contribution in [2.24, 2.45) is 0 Å². The summed E-state index contributed by atoms with van der Waals surface area (Å²) < 4.78 is 0.934. The summed E-state index contributed by atoms with van der Waals surface area (Å²) in [7, 11) is 0. The van der Waals surface area contributed by atoms with E-state index in [-0.39, 0.29) is 6.54 Å². The fraction of sp³-hybridized carbons (Fsp3) is 0.318. The third kappa shape index (κ3) is 4.19. The third-order valence-electron chi connectivity index (χ3n) is 5.17. The van der Waals surface area contributed by atoms with Crippen LogP contribution in [0.1, 0.15) is 43.4 Å². The van der Waals surface area contributed by atoms with Gasteiger partial charge in [0, 0.05) is 10.2 Å². The molecule has 0 bridgehead atoms. The second kappa shape index (κ2) is 7.99. The van der Waals surface area contributed by atoms with E-state index in [0.717, 1.165) is 20.5 Å². The van der Waals surface area contributed by atoms with Crippen molar-refractivity contribution in [1.29, 1.82) is 0 Å². The third-order valence-corrected chi connectivity index (χ3v) is 6.06. The highest BCUT2D eigenvalue weighted by molar-refractivity contribution is 9.10. The molecule has 1 aliphatic heterocycles. The van der Waals surface area contributed by atoms with Crippen LogP contribution in [0.25, 0.3) is 0 Å². The zero-order valence-corrected chi connectivity index (χ0v) is 18.5. The lowest BCUT2D eigenvalue weighted by molar-refractivity contribution is -0.133. The average molecular weight is 458 g/mol. The molecule has 0 aliphatic carbocycles. The van der Waals surface area contributed by atoms with Crippen molar-refractivity contribution in [2.75, 3.05) is 11.9 Å². The van der Waals surface area contributed by atoms with E-state index in [9.17, 15) is 14.4 Å². The van der Waals surface area contributed by atoms with Crippen molar-refractivity contribution in [1.82, 2.24) is 10.2 Å². The highest BCUT2D eigenvalue weighted by Gasteiger charge is 2.49. The number of amides is 4. The molecule has 4 amide bonds. The number of urea groups is 1. The molecule has 0 radical (unpaired) electrons. The fourth-order valence-electron chi connectivity index (χ4n) is 3.30. The summed E-state index contributed by atoms with van der Waals surface area (Å²) in [6.45, 7) is 7.40. The lowest BCUT2D eigenvalue weighted by atomic mass is 9.90. The Bertz CT molecular complexity index is 972. The lowest BCUT2D eigenvalue weighted by Crippen LogP contribution is -2.42. The van der Waals surface area contributed by atoms with Gasteiger partial charge in [-0.25, -0.2) is 4.79 Å². The minimum absolute atomic E-state index is 0.348. The van der Waals surface area contributed by atoms with Crippen LogP contribution in [0.15, 0.2) is 46.9 Å². The number of hydrogen-bond acceptors (Lipinski definition) is 3. The maximum Gasteiger partial charge on any atom is 0.325 e. The highest BCUT2D eigenvalue weighted by Crippen LogP contribution is 2.30. The first-order valence-electron chi connectivity index (χ1n) is 9.42. The SMILES string of the molecule is Cc1cc(NC(=O)CN2C(=O)NC(C)(c3ccc(C(C)C)cc3)C2=O)ccc1Br. The van der Waals surface area contributed by atoms with E-state index in [4.69, 9.17) is 0 Å². The number of nitrogens with zero attached hydrogens (tertiary/aromatic N) is 1. The summed E-state index contributed by atoms with van der Waals surface area (Å²) in [5.74, 6) is -0.510. The molecule has 7 heteroatoms. The minimum atomic E-state index is -1.19. The first-order chi connectivity index (χ1) is 13.6. The van der Waals surface area contributed by atoms with Gasteiger partial charge in [-0.2, -0.15) is 0 Å². The van der Waals surface area contributed by atoms with E-state index < -0.39 is 23.4 Å². The van der Waals surface area contributed by atoms with Crippen LogP contribution >= 0.6 is 15.9 Å². The molecular formula is C22H24BrN3O3. The van der Waals surface area contributed by atoms with E-state index >= 15 is 0 Å². The summed E-state index contributed by atoms with van der Waals surface area (Å²) in [5.41, 5.74) is 2.22. The zero-order valence-electron chi connectivity index (χ0n) is 16.9. The van der Waals surface area contributed by atoms with Crippen molar-refractivity contribution >= 4 is 39.5 Å². The average Bonchev–Trinajstić information content (AvgIpc) is 2.89. The van der Waals surface area contributed by atoms with E-state index in [1.165, 1.54) is 0 Å². The minimum Gasteiger partial charge on any atom is -0.325 e. The summed E-state index contributed by atoms with van der Waals surface area (Å²) >= 11 is 3.41. The molecule has 2 N–H and O–H groups in total. The summed E-state index contributed by atoms with van der Waals surface area (Å²) in [4.78, 5) is 38.8. The molecule has 152 valence electrons. The smallest absolute Gasteiger partial charge is 0.325 e. The number of rotatable bonds is 5. The molecule has 3 rings (SSSR count). The van der Waals surface area contributed by atoms with Crippen molar-refractivity contribution in [3.05, 3.63) is 63.6 Å². The van der Waals surface area contributed by atoms with Crippen molar-refractivity contribution in [3.63, 3.8) is 0 Å². The number of imide groups is 1. The van der Waals surface area contributed by atoms with Gasteiger partial charge in [-0.15, -0.1) is 0 Å². The normalized spacial score (nSPS) is 18.9. The molecule has 1 aliphatic rings. The second-order valence-electron chi connectivity index (χ2n) is 7.74. The molecule has 0 aromatic heterocycles. The van der Waals surface area contributed by atoms with Gasteiger partial charge >= 0.3 is 6.03 Å². The van der Waals surface area contributed by atoms with Crippen LogP contribution in [0.2, 0.25) is 0 Å². The standard InChI is InChI=1S/C22H24BrN3O3/c1-13(2)15-5-7-16(8-6-15)22(4)20(28)26(21(29)25-22)12-19(27)24-17-9-10-18(23)14(3)11-17/h5-11,13H,12H2,1-4H3,(H,24,27)(H,25,29). The summed E-state index contributed by atoms with van der Waals surface area (Å²) in [5, 5.41) is 5.46. The molecule has 6 nitrogen and oxygen atoms in total. The Morgan fingerprint density at radius 3 is 2.41 bits per heavy atom. The number of carbonyl (C=O) groups is 3. The number of halogens is 1. The predicted molar refractivity (Wildman–Crippen MR) is 116 cm³/mol. The molecule has 1 heterocycles. The molecule has 2 aromatic rings. The molecule has 0 saturated carbocycles. The van der Waals surface area contributed by atoms with E-state index in [1.54, 1.807) is 13.0 Å². The molecule has 1 unspecified atom stereocenters. The van der Waals surface area contributed by atoms with Crippen LogP contribution in [-0.4, -0.2) is 29.3 Å². The number of hydrogen-bond donors (Lipinski definition) is 2. The van der Waals surface area contributed by atoms with Crippen LogP contribution in [0.4, 0.5) is 10.5 Å². The molecule has 1 saturated heterocycles. The quantitative estimate of drug-likeness (QED) is 0.657. The van der Waals surface area contributed by atoms with Crippen LogP contribution in [0.3, 0.4) is 0 Å². The number of aryl methyl sites for hydroxylation is 1.